The second kappa shape index (κ2) is 8.52. The molecular formula is C15H29NO2. The number of amides is 1. The number of hydrogen-bond donors (Lipinski definition) is 2. The zero-order chi connectivity index (χ0) is 13.3. The summed E-state index contributed by atoms with van der Waals surface area (Å²) in [6.45, 7) is 2.30. The van der Waals surface area contributed by atoms with Crippen LogP contribution in [0, 0.1) is 0 Å². The molecule has 0 radical (unpaired) electrons. The number of aliphatic hydroxyl groups is 1. The van der Waals surface area contributed by atoms with Gasteiger partial charge in [-0.05, 0) is 19.3 Å². The standard InChI is InChI=1S/C15H29NO2/c1-2-3-4-5-6-7-10-14(18)16-15(13-17)11-8-9-12-15/h17H,2-13H2,1H3,(H,16,18). The van der Waals surface area contributed by atoms with E-state index in [2.05, 4.69) is 12.2 Å². The third-order valence-electron chi connectivity index (χ3n) is 4.03. The van der Waals surface area contributed by atoms with Crippen molar-refractivity contribution in [1.82, 2.24) is 5.32 Å². The second-order valence-corrected chi connectivity index (χ2v) is 5.71. The molecule has 0 unspecified atom stereocenters. The molecule has 0 heterocycles. The maximum atomic E-state index is 11.8. The Kier molecular flexibility index (Phi) is 7.33. The molecule has 1 aliphatic carbocycles. The van der Waals surface area contributed by atoms with Gasteiger partial charge in [0.1, 0.15) is 0 Å². The van der Waals surface area contributed by atoms with Crippen molar-refractivity contribution < 1.29 is 9.90 Å². The smallest absolute Gasteiger partial charge is 0.220 e. The maximum absolute atomic E-state index is 11.8. The molecule has 2 N–H and O–H groups in total. The summed E-state index contributed by atoms with van der Waals surface area (Å²) in [5.41, 5.74) is -0.292. The Balaban J connectivity index is 2.09. The Hall–Kier alpha value is -0.570. The lowest BCUT2D eigenvalue weighted by Crippen LogP contribution is -2.49. The van der Waals surface area contributed by atoms with Crippen molar-refractivity contribution in [2.75, 3.05) is 6.61 Å². The van der Waals surface area contributed by atoms with Gasteiger partial charge in [0.25, 0.3) is 0 Å². The fourth-order valence-corrected chi connectivity index (χ4v) is 2.80. The van der Waals surface area contributed by atoms with Gasteiger partial charge in [0.2, 0.25) is 5.91 Å². The van der Waals surface area contributed by atoms with Gasteiger partial charge in [0.15, 0.2) is 0 Å². The summed E-state index contributed by atoms with van der Waals surface area (Å²) >= 11 is 0. The zero-order valence-corrected chi connectivity index (χ0v) is 11.8. The Labute approximate surface area is 111 Å². The molecule has 3 heteroatoms. The molecule has 0 aliphatic heterocycles. The summed E-state index contributed by atoms with van der Waals surface area (Å²) < 4.78 is 0. The number of carbonyl (C=O) groups is 1. The average Bonchev–Trinajstić information content (AvgIpc) is 2.83. The van der Waals surface area contributed by atoms with Gasteiger partial charge < -0.3 is 10.4 Å². The Bertz CT molecular complexity index is 235. The summed E-state index contributed by atoms with van der Waals surface area (Å²) in [4.78, 5) is 11.8. The van der Waals surface area contributed by atoms with Gasteiger partial charge in [-0.2, -0.15) is 0 Å². The van der Waals surface area contributed by atoms with Crippen LogP contribution in [0.4, 0.5) is 0 Å². The maximum Gasteiger partial charge on any atom is 0.220 e. The van der Waals surface area contributed by atoms with Crippen molar-refractivity contribution >= 4 is 5.91 Å². The number of aliphatic hydroxyl groups excluding tert-OH is 1. The van der Waals surface area contributed by atoms with Crippen LogP contribution < -0.4 is 5.32 Å². The van der Waals surface area contributed by atoms with Gasteiger partial charge in [-0.3, -0.25) is 4.79 Å². The van der Waals surface area contributed by atoms with Crippen molar-refractivity contribution in [3.8, 4) is 0 Å². The summed E-state index contributed by atoms with van der Waals surface area (Å²) in [7, 11) is 0. The summed E-state index contributed by atoms with van der Waals surface area (Å²) in [6, 6.07) is 0. The third kappa shape index (κ3) is 5.38. The van der Waals surface area contributed by atoms with Gasteiger partial charge in [-0.15, -0.1) is 0 Å². The van der Waals surface area contributed by atoms with E-state index in [1.54, 1.807) is 0 Å². The first-order valence-corrected chi connectivity index (χ1v) is 7.64. The van der Waals surface area contributed by atoms with E-state index in [0.29, 0.717) is 6.42 Å². The van der Waals surface area contributed by atoms with E-state index >= 15 is 0 Å². The van der Waals surface area contributed by atoms with Crippen LogP contribution in [0.5, 0.6) is 0 Å². The van der Waals surface area contributed by atoms with E-state index in [4.69, 9.17) is 0 Å². The molecular weight excluding hydrogens is 226 g/mol. The van der Waals surface area contributed by atoms with Crippen LogP contribution in [0.3, 0.4) is 0 Å². The minimum Gasteiger partial charge on any atom is -0.394 e. The fourth-order valence-electron chi connectivity index (χ4n) is 2.80. The largest absolute Gasteiger partial charge is 0.394 e. The van der Waals surface area contributed by atoms with Crippen LogP contribution in [0.1, 0.15) is 77.6 Å². The molecule has 1 rings (SSSR count). The van der Waals surface area contributed by atoms with Crippen LogP contribution in [-0.4, -0.2) is 23.2 Å². The molecule has 3 nitrogen and oxygen atoms in total. The Morgan fingerprint density at radius 1 is 1.11 bits per heavy atom. The molecule has 0 aromatic carbocycles. The van der Waals surface area contributed by atoms with E-state index < -0.39 is 0 Å². The van der Waals surface area contributed by atoms with Crippen molar-refractivity contribution in [2.24, 2.45) is 0 Å². The van der Waals surface area contributed by atoms with E-state index in [1.165, 1.54) is 25.7 Å². The first-order valence-electron chi connectivity index (χ1n) is 7.64. The quantitative estimate of drug-likeness (QED) is 0.622. The summed E-state index contributed by atoms with van der Waals surface area (Å²) in [5, 5.41) is 12.5. The molecule has 1 saturated carbocycles. The minimum atomic E-state index is -0.292. The van der Waals surface area contributed by atoms with E-state index in [9.17, 15) is 9.90 Å². The Morgan fingerprint density at radius 2 is 1.72 bits per heavy atom. The van der Waals surface area contributed by atoms with Gasteiger partial charge in [0.05, 0.1) is 12.1 Å². The molecule has 0 spiro atoms. The van der Waals surface area contributed by atoms with Gasteiger partial charge in [-0.25, -0.2) is 0 Å². The zero-order valence-electron chi connectivity index (χ0n) is 11.8. The fraction of sp³-hybridized carbons (Fsp3) is 0.933. The molecule has 106 valence electrons. The average molecular weight is 255 g/mol. The molecule has 1 fully saturated rings. The van der Waals surface area contributed by atoms with Crippen molar-refractivity contribution in [2.45, 2.75) is 83.1 Å². The van der Waals surface area contributed by atoms with Crippen LogP contribution in [0.25, 0.3) is 0 Å². The summed E-state index contributed by atoms with van der Waals surface area (Å²) in [5.74, 6) is 0.126. The molecule has 1 aliphatic rings. The first kappa shape index (κ1) is 15.5. The van der Waals surface area contributed by atoms with Crippen LogP contribution >= 0.6 is 0 Å². The van der Waals surface area contributed by atoms with Crippen LogP contribution in [0.15, 0.2) is 0 Å². The predicted molar refractivity (Wildman–Crippen MR) is 74.4 cm³/mol. The number of rotatable bonds is 9. The highest BCUT2D eigenvalue weighted by Gasteiger charge is 2.34. The lowest BCUT2D eigenvalue weighted by Gasteiger charge is -2.28. The van der Waals surface area contributed by atoms with E-state index in [1.807, 2.05) is 0 Å². The molecule has 0 aromatic heterocycles. The van der Waals surface area contributed by atoms with E-state index in [-0.39, 0.29) is 18.1 Å². The SMILES string of the molecule is CCCCCCCCC(=O)NC1(CO)CCCC1. The normalized spacial score (nSPS) is 17.9. The highest BCUT2D eigenvalue weighted by atomic mass is 16.3. The highest BCUT2D eigenvalue weighted by molar-refractivity contribution is 5.76. The molecule has 18 heavy (non-hydrogen) atoms. The van der Waals surface area contributed by atoms with Gasteiger partial charge in [0, 0.05) is 6.42 Å². The molecule has 0 aromatic rings. The topological polar surface area (TPSA) is 49.3 Å². The first-order chi connectivity index (χ1) is 8.72. The number of nitrogens with one attached hydrogen (secondary N) is 1. The molecule has 0 saturated heterocycles. The number of unbranched alkanes of at least 4 members (excludes halogenated alkanes) is 5. The molecule has 0 atom stereocenters. The number of carbonyl (C=O) groups excluding carboxylic acids is 1. The lowest BCUT2D eigenvalue weighted by atomic mass is 9.98. The summed E-state index contributed by atoms with van der Waals surface area (Å²) in [6.07, 6.45) is 12.0. The lowest BCUT2D eigenvalue weighted by molar-refractivity contribution is -0.123. The predicted octanol–water partition coefficient (Wildman–Crippen LogP) is 3.16. The van der Waals surface area contributed by atoms with E-state index in [0.717, 1.165) is 38.5 Å². The van der Waals surface area contributed by atoms with Gasteiger partial charge in [-0.1, -0.05) is 51.9 Å². The molecule has 0 bridgehead atoms. The van der Waals surface area contributed by atoms with Crippen molar-refractivity contribution in [3.63, 3.8) is 0 Å². The third-order valence-corrected chi connectivity index (χ3v) is 4.03. The highest BCUT2D eigenvalue weighted by Crippen LogP contribution is 2.29. The van der Waals surface area contributed by atoms with Crippen LogP contribution in [-0.2, 0) is 4.79 Å². The van der Waals surface area contributed by atoms with Crippen LogP contribution in [0.2, 0.25) is 0 Å². The van der Waals surface area contributed by atoms with Crippen molar-refractivity contribution in [1.29, 1.82) is 0 Å². The second-order valence-electron chi connectivity index (χ2n) is 5.71. The Morgan fingerprint density at radius 3 is 2.33 bits per heavy atom. The monoisotopic (exact) mass is 255 g/mol. The minimum absolute atomic E-state index is 0.0925. The van der Waals surface area contributed by atoms with Crippen molar-refractivity contribution in [3.05, 3.63) is 0 Å². The number of hydrogen-bond acceptors (Lipinski definition) is 2. The molecule has 1 amide bonds. The van der Waals surface area contributed by atoms with Gasteiger partial charge >= 0.3 is 0 Å².